The average Bonchev–Trinajstić information content (AvgIpc) is 2.59. The highest BCUT2D eigenvalue weighted by molar-refractivity contribution is 6.01. The summed E-state index contributed by atoms with van der Waals surface area (Å²) in [5, 5.41) is 9.14. The van der Waals surface area contributed by atoms with Crippen LogP contribution in [0.2, 0.25) is 0 Å². The van der Waals surface area contributed by atoms with Crippen LogP contribution in [0, 0.1) is 5.41 Å². The van der Waals surface area contributed by atoms with E-state index in [-0.39, 0.29) is 6.61 Å². The molecule has 0 saturated heterocycles. The van der Waals surface area contributed by atoms with Gasteiger partial charge in [0.1, 0.15) is 12.4 Å². The summed E-state index contributed by atoms with van der Waals surface area (Å²) in [6, 6.07) is 16.1. The first-order chi connectivity index (χ1) is 11.5. The summed E-state index contributed by atoms with van der Waals surface area (Å²) >= 11 is 0. The van der Waals surface area contributed by atoms with Gasteiger partial charge in [-0.1, -0.05) is 36.4 Å². The number of hydrogen-bond donors (Lipinski definition) is 1. The second-order valence-electron chi connectivity index (χ2n) is 5.33. The minimum atomic E-state index is -4.37. The molecule has 0 amide bonds. The van der Waals surface area contributed by atoms with Crippen LogP contribution >= 0.6 is 0 Å². The molecule has 3 aromatic rings. The van der Waals surface area contributed by atoms with Crippen molar-refractivity contribution in [1.82, 2.24) is 0 Å². The predicted octanol–water partition coefficient (Wildman–Crippen LogP) is 5.44. The molecule has 5 heteroatoms. The Morgan fingerprint density at radius 2 is 1.67 bits per heavy atom. The summed E-state index contributed by atoms with van der Waals surface area (Å²) in [5.41, 5.74) is 0.523. The first-order valence-electron chi connectivity index (χ1n) is 7.30. The normalized spacial score (nSPS) is 11.5. The van der Waals surface area contributed by atoms with Gasteiger partial charge in [0.2, 0.25) is 0 Å². The van der Waals surface area contributed by atoms with Crippen LogP contribution in [0.25, 0.3) is 10.8 Å². The molecule has 0 unspecified atom stereocenters. The van der Waals surface area contributed by atoms with Crippen LogP contribution in [-0.4, -0.2) is 6.21 Å². The maximum absolute atomic E-state index is 12.8. The number of ether oxygens (including phenoxy) is 1. The standard InChI is InChI=1S/C19H14F3NO/c20-19(21,22)15-5-3-4-13(10-15)12-24-18-9-8-14(11-23)16-6-1-2-7-17(16)18/h1-11,23H,12H2. The van der Waals surface area contributed by atoms with E-state index in [1.54, 1.807) is 18.2 Å². The molecule has 3 rings (SSSR count). The lowest BCUT2D eigenvalue weighted by atomic mass is 10.0. The number of nitrogens with one attached hydrogen (secondary N) is 1. The van der Waals surface area contributed by atoms with E-state index in [4.69, 9.17) is 10.1 Å². The van der Waals surface area contributed by atoms with Gasteiger partial charge in [0.05, 0.1) is 5.56 Å². The van der Waals surface area contributed by atoms with Crippen LogP contribution in [0.15, 0.2) is 60.7 Å². The van der Waals surface area contributed by atoms with Gasteiger partial charge in [0, 0.05) is 17.2 Å². The van der Waals surface area contributed by atoms with Crippen molar-refractivity contribution in [3.63, 3.8) is 0 Å². The maximum Gasteiger partial charge on any atom is 0.416 e. The Morgan fingerprint density at radius 3 is 2.38 bits per heavy atom. The monoisotopic (exact) mass is 329 g/mol. The fourth-order valence-electron chi connectivity index (χ4n) is 2.54. The highest BCUT2D eigenvalue weighted by Crippen LogP contribution is 2.31. The van der Waals surface area contributed by atoms with Crippen molar-refractivity contribution in [3.8, 4) is 5.75 Å². The van der Waals surface area contributed by atoms with Gasteiger partial charge in [0.15, 0.2) is 0 Å². The smallest absolute Gasteiger partial charge is 0.416 e. The molecule has 3 aromatic carbocycles. The number of hydrogen-bond acceptors (Lipinski definition) is 2. The highest BCUT2D eigenvalue weighted by atomic mass is 19.4. The number of benzene rings is 3. The molecular formula is C19H14F3NO. The number of alkyl halides is 3. The third kappa shape index (κ3) is 3.25. The highest BCUT2D eigenvalue weighted by Gasteiger charge is 2.30. The topological polar surface area (TPSA) is 33.1 Å². The Bertz CT molecular complexity index is 887. The van der Waals surface area contributed by atoms with Gasteiger partial charge >= 0.3 is 6.18 Å². The summed E-state index contributed by atoms with van der Waals surface area (Å²) in [5.74, 6) is 0.577. The van der Waals surface area contributed by atoms with Gasteiger partial charge in [-0.15, -0.1) is 0 Å². The molecule has 2 nitrogen and oxygen atoms in total. The quantitative estimate of drug-likeness (QED) is 0.636. The first-order valence-corrected chi connectivity index (χ1v) is 7.30. The molecule has 0 aliphatic heterocycles. The van der Waals surface area contributed by atoms with E-state index in [1.165, 1.54) is 12.3 Å². The largest absolute Gasteiger partial charge is 0.488 e. The van der Waals surface area contributed by atoms with Gasteiger partial charge in [-0.3, -0.25) is 0 Å². The van der Waals surface area contributed by atoms with Gasteiger partial charge in [-0.2, -0.15) is 13.2 Å². The van der Waals surface area contributed by atoms with Gasteiger partial charge in [-0.25, -0.2) is 0 Å². The third-order valence-electron chi connectivity index (χ3n) is 3.72. The molecule has 122 valence electrons. The third-order valence-corrected chi connectivity index (χ3v) is 3.72. The molecule has 0 heterocycles. The lowest BCUT2D eigenvalue weighted by Gasteiger charge is -2.12. The number of halogens is 3. The fourth-order valence-corrected chi connectivity index (χ4v) is 2.54. The van der Waals surface area contributed by atoms with Crippen LogP contribution in [0.3, 0.4) is 0 Å². The van der Waals surface area contributed by atoms with Crippen LogP contribution in [0.4, 0.5) is 13.2 Å². The van der Waals surface area contributed by atoms with Gasteiger partial charge < -0.3 is 10.1 Å². The summed E-state index contributed by atoms with van der Waals surface area (Å²) in [4.78, 5) is 0. The minimum absolute atomic E-state index is 0.0395. The van der Waals surface area contributed by atoms with E-state index in [2.05, 4.69) is 0 Å². The Morgan fingerprint density at radius 1 is 0.917 bits per heavy atom. The van der Waals surface area contributed by atoms with E-state index in [9.17, 15) is 13.2 Å². The molecule has 0 fully saturated rings. The Hall–Kier alpha value is -2.82. The Balaban J connectivity index is 1.88. The lowest BCUT2D eigenvalue weighted by Crippen LogP contribution is -2.06. The van der Waals surface area contributed by atoms with E-state index in [1.807, 2.05) is 24.3 Å². The molecule has 0 bridgehead atoms. The van der Waals surface area contributed by atoms with Crippen LogP contribution in [0.5, 0.6) is 5.75 Å². The van der Waals surface area contributed by atoms with E-state index in [0.29, 0.717) is 11.3 Å². The molecule has 0 spiro atoms. The molecule has 0 aliphatic carbocycles. The van der Waals surface area contributed by atoms with Crippen molar-refractivity contribution in [2.24, 2.45) is 0 Å². The van der Waals surface area contributed by atoms with Gasteiger partial charge in [0.25, 0.3) is 0 Å². The van der Waals surface area contributed by atoms with E-state index >= 15 is 0 Å². The molecular weight excluding hydrogens is 315 g/mol. The molecule has 24 heavy (non-hydrogen) atoms. The SMILES string of the molecule is N=Cc1ccc(OCc2cccc(C(F)(F)F)c2)c2ccccc12. The summed E-state index contributed by atoms with van der Waals surface area (Å²) in [6.07, 6.45) is -3.10. The summed E-state index contributed by atoms with van der Waals surface area (Å²) in [7, 11) is 0. The first kappa shape index (κ1) is 16.1. The summed E-state index contributed by atoms with van der Waals surface area (Å²) in [6.45, 7) is 0.0395. The molecule has 0 aromatic heterocycles. The van der Waals surface area contributed by atoms with Crippen LogP contribution in [0.1, 0.15) is 16.7 Å². The second-order valence-corrected chi connectivity index (χ2v) is 5.33. The Labute approximate surface area is 137 Å². The van der Waals surface area contributed by atoms with Crippen molar-refractivity contribution in [2.45, 2.75) is 12.8 Å². The molecule has 0 saturated carbocycles. The van der Waals surface area contributed by atoms with Gasteiger partial charge in [-0.05, 0) is 35.2 Å². The molecule has 1 N–H and O–H groups in total. The van der Waals surface area contributed by atoms with Crippen LogP contribution in [-0.2, 0) is 12.8 Å². The van der Waals surface area contributed by atoms with Crippen molar-refractivity contribution in [2.75, 3.05) is 0 Å². The molecule has 0 radical (unpaired) electrons. The average molecular weight is 329 g/mol. The molecule has 0 atom stereocenters. The van der Waals surface area contributed by atoms with Crippen molar-refractivity contribution in [1.29, 1.82) is 5.41 Å². The minimum Gasteiger partial charge on any atom is -0.488 e. The zero-order valence-corrected chi connectivity index (χ0v) is 12.6. The predicted molar refractivity (Wildman–Crippen MR) is 87.6 cm³/mol. The second kappa shape index (κ2) is 6.35. The zero-order valence-electron chi connectivity index (χ0n) is 12.6. The van der Waals surface area contributed by atoms with E-state index in [0.717, 1.165) is 28.5 Å². The molecule has 0 aliphatic rings. The number of rotatable bonds is 4. The van der Waals surface area contributed by atoms with Crippen LogP contribution < -0.4 is 4.74 Å². The van der Waals surface area contributed by atoms with Crippen molar-refractivity contribution >= 4 is 17.0 Å². The lowest BCUT2D eigenvalue weighted by molar-refractivity contribution is -0.137. The van der Waals surface area contributed by atoms with E-state index < -0.39 is 11.7 Å². The summed E-state index contributed by atoms with van der Waals surface area (Å²) < 4.78 is 44.0. The zero-order chi connectivity index (χ0) is 17.2. The maximum atomic E-state index is 12.8. The Kier molecular flexibility index (Phi) is 4.25. The fraction of sp³-hybridized carbons (Fsp3) is 0.105. The van der Waals surface area contributed by atoms with Crippen molar-refractivity contribution < 1.29 is 17.9 Å². The van der Waals surface area contributed by atoms with Crippen molar-refractivity contribution in [3.05, 3.63) is 77.4 Å². The number of fused-ring (bicyclic) bond motifs is 1.